The first-order chi connectivity index (χ1) is 8.78. The predicted octanol–water partition coefficient (Wildman–Crippen LogP) is -0.0541. The van der Waals surface area contributed by atoms with Crippen LogP contribution in [0.5, 0.6) is 0 Å². The van der Waals surface area contributed by atoms with Crippen molar-refractivity contribution >= 4 is 27.5 Å². The van der Waals surface area contributed by atoms with Crippen LogP contribution in [0, 0.1) is 0 Å². The summed E-state index contributed by atoms with van der Waals surface area (Å²) in [6.45, 7) is -0.00863. The molecule has 0 spiro atoms. The molecule has 1 aromatic heterocycles. The van der Waals surface area contributed by atoms with Gasteiger partial charge >= 0.3 is 12.0 Å². The summed E-state index contributed by atoms with van der Waals surface area (Å²) in [5.74, 6) is -1.32. The zero-order valence-corrected chi connectivity index (χ0v) is 10.9. The molecule has 1 heterocycles. The van der Waals surface area contributed by atoms with E-state index in [0.717, 1.165) is 6.26 Å². The standard InChI is InChI=1S/C10H13N3O5S/c1-19(17,18)5-4-11-10(16)13-7-2-3-8(9(14)15)12-6-7/h2-3,6H,4-5H2,1H3,(H,14,15)(H2,11,13,16). The quantitative estimate of drug-likeness (QED) is 0.697. The van der Waals surface area contributed by atoms with Gasteiger partial charge in [0, 0.05) is 12.8 Å². The van der Waals surface area contributed by atoms with Crippen LogP contribution in [0.1, 0.15) is 10.5 Å². The lowest BCUT2D eigenvalue weighted by atomic mass is 10.3. The van der Waals surface area contributed by atoms with E-state index in [0.29, 0.717) is 5.69 Å². The van der Waals surface area contributed by atoms with Crippen molar-refractivity contribution in [1.29, 1.82) is 0 Å². The van der Waals surface area contributed by atoms with Gasteiger partial charge in [-0.1, -0.05) is 0 Å². The molecule has 0 fully saturated rings. The maximum absolute atomic E-state index is 11.4. The number of nitrogens with zero attached hydrogens (tertiary/aromatic N) is 1. The fraction of sp³-hybridized carbons (Fsp3) is 0.300. The van der Waals surface area contributed by atoms with Crippen LogP contribution >= 0.6 is 0 Å². The molecule has 0 aliphatic heterocycles. The van der Waals surface area contributed by atoms with Gasteiger partial charge < -0.3 is 15.7 Å². The average molecular weight is 287 g/mol. The summed E-state index contributed by atoms with van der Waals surface area (Å²) in [5, 5.41) is 13.4. The molecule has 0 atom stereocenters. The number of nitrogens with one attached hydrogen (secondary N) is 2. The van der Waals surface area contributed by atoms with Crippen LogP contribution in [-0.4, -0.2) is 49.1 Å². The van der Waals surface area contributed by atoms with E-state index in [1.165, 1.54) is 18.3 Å². The third-order valence-electron chi connectivity index (χ3n) is 2.00. The minimum absolute atomic E-state index is 0.00863. The molecule has 8 nitrogen and oxygen atoms in total. The number of hydrogen-bond donors (Lipinski definition) is 3. The first kappa shape index (κ1) is 14.9. The minimum Gasteiger partial charge on any atom is -0.477 e. The second kappa shape index (κ2) is 6.14. The van der Waals surface area contributed by atoms with Crippen LogP contribution < -0.4 is 10.6 Å². The molecular weight excluding hydrogens is 274 g/mol. The summed E-state index contributed by atoms with van der Waals surface area (Å²) in [6.07, 6.45) is 2.26. The van der Waals surface area contributed by atoms with E-state index in [4.69, 9.17) is 5.11 Å². The van der Waals surface area contributed by atoms with Crippen LogP contribution in [0.15, 0.2) is 18.3 Å². The number of rotatable bonds is 5. The van der Waals surface area contributed by atoms with Gasteiger partial charge in [0.05, 0.1) is 17.6 Å². The van der Waals surface area contributed by atoms with E-state index in [1.54, 1.807) is 0 Å². The van der Waals surface area contributed by atoms with E-state index in [-0.39, 0.29) is 18.0 Å². The highest BCUT2D eigenvalue weighted by Crippen LogP contribution is 2.05. The van der Waals surface area contributed by atoms with E-state index in [2.05, 4.69) is 15.6 Å². The highest BCUT2D eigenvalue weighted by atomic mass is 32.2. The number of hydrogen-bond acceptors (Lipinski definition) is 5. The maximum atomic E-state index is 11.4. The number of carbonyl (C=O) groups is 2. The molecule has 0 saturated carbocycles. The Morgan fingerprint density at radius 2 is 2.05 bits per heavy atom. The van der Waals surface area contributed by atoms with Crippen molar-refractivity contribution in [2.45, 2.75) is 0 Å². The number of amides is 2. The largest absolute Gasteiger partial charge is 0.477 e. The Morgan fingerprint density at radius 3 is 2.53 bits per heavy atom. The number of aromatic carboxylic acids is 1. The Labute approximate surface area is 109 Å². The minimum atomic E-state index is -3.13. The summed E-state index contributed by atoms with van der Waals surface area (Å²) in [5.41, 5.74) is 0.171. The lowest BCUT2D eigenvalue weighted by Crippen LogP contribution is -2.32. The summed E-state index contributed by atoms with van der Waals surface area (Å²) in [7, 11) is -3.13. The number of aromatic nitrogens is 1. The van der Waals surface area contributed by atoms with Crippen molar-refractivity contribution < 1.29 is 23.1 Å². The van der Waals surface area contributed by atoms with Gasteiger partial charge in [0.2, 0.25) is 0 Å². The van der Waals surface area contributed by atoms with Crippen LogP contribution in [0.4, 0.5) is 10.5 Å². The van der Waals surface area contributed by atoms with Gasteiger partial charge in [-0.25, -0.2) is 23.0 Å². The molecule has 1 rings (SSSR count). The number of carbonyl (C=O) groups excluding carboxylic acids is 1. The predicted molar refractivity (Wildman–Crippen MR) is 67.9 cm³/mol. The molecule has 0 aliphatic rings. The summed E-state index contributed by atoms with van der Waals surface area (Å²) in [4.78, 5) is 25.5. The Morgan fingerprint density at radius 1 is 1.37 bits per heavy atom. The first-order valence-electron chi connectivity index (χ1n) is 5.20. The smallest absolute Gasteiger partial charge is 0.354 e. The molecule has 0 radical (unpaired) electrons. The highest BCUT2D eigenvalue weighted by Gasteiger charge is 2.07. The second-order valence-electron chi connectivity index (χ2n) is 3.75. The van der Waals surface area contributed by atoms with Crippen molar-refractivity contribution in [2.24, 2.45) is 0 Å². The Kier molecular flexibility index (Phi) is 4.81. The van der Waals surface area contributed by atoms with E-state index < -0.39 is 21.8 Å². The zero-order chi connectivity index (χ0) is 14.5. The number of pyridine rings is 1. The molecule has 0 saturated heterocycles. The molecule has 0 aromatic carbocycles. The molecule has 104 valence electrons. The Balaban J connectivity index is 2.46. The summed E-state index contributed by atoms with van der Waals surface area (Å²) in [6, 6.07) is 2.04. The third kappa shape index (κ3) is 5.82. The lowest BCUT2D eigenvalue weighted by Gasteiger charge is -2.06. The average Bonchev–Trinajstić information content (AvgIpc) is 2.27. The fourth-order valence-corrected chi connectivity index (χ4v) is 1.59. The van der Waals surface area contributed by atoms with Crippen molar-refractivity contribution in [3.05, 3.63) is 24.0 Å². The number of anilines is 1. The third-order valence-corrected chi connectivity index (χ3v) is 2.94. The van der Waals surface area contributed by atoms with Gasteiger partial charge in [0.25, 0.3) is 0 Å². The molecule has 1 aromatic rings. The summed E-state index contributed by atoms with van der Waals surface area (Å²) < 4.78 is 21.7. The monoisotopic (exact) mass is 287 g/mol. The maximum Gasteiger partial charge on any atom is 0.354 e. The first-order valence-corrected chi connectivity index (χ1v) is 7.26. The van der Waals surface area contributed by atoms with Gasteiger partial charge in [-0.05, 0) is 12.1 Å². The molecule has 0 aliphatic carbocycles. The fourth-order valence-electron chi connectivity index (χ4n) is 1.12. The molecule has 19 heavy (non-hydrogen) atoms. The van der Waals surface area contributed by atoms with Crippen LogP contribution in [0.2, 0.25) is 0 Å². The lowest BCUT2D eigenvalue weighted by molar-refractivity contribution is 0.0690. The second-order valence-corrected chi connectivity index (χ2v) is 6.01. The molecule has 9 heteroatoms. The van der Waals surface area contributed by atoms with E-state index in [1.807, 2.05) is 0 Å². The molecule has 0 unspecified atom stereocenters. The number of carboxylic acids is 1. The molecule has 2 amide bonds. The van der Waals surface area contributed by atoms with Gasteiger partial charge in [0.15, 0.2) is 0 Å². The van der Waals surface area contributed by atoms with E-state index in [9.17, 15) is 18.0 Å². The normalized spacial score (nSPS) is 10.8. The van der Waals surface area contributed by atoms with Crippen LogP contribution in [0.25, 0.3) is 0 Å². The number of urea groups is 1. The molecule has 3 N–H and O–H groups in total. The Bertz CT molecular complexity index is 567. The van der Waals surface area contributed by atoms with Crippen molar-refractivity contribution in [3.63, 3.8) is 0 Å². The summed E-state index contributed by atoms with van der Waals surface area (Å²) >= 11 is 0. The molecule has 0 bridgehead atoms. The number of carboxylic acid groups (broad SMARTS) is 1. The van der Waals surface area contributed by atoms with E-state index >= 15 is 0 Å². The van der Waals surface area contributed by atoms with Crippen LogP contribution in [-0.2, 0) is 9.84 Å². The Hall–Kier alpha value is -2.16. The highest BCUT2D eigenvalue weighted by molar-refractivity contribution is 7.90. The van der Waals surface area contributed by atoms with Gasteiger partial charge in [-0.3, -0.25) is 0 Å². The SMILES string of the molecule is CS(=O)(=O)CCNC(=O)Nc1ccc(C(=O)O)nc1. The van der Waals surface area contributed by atoms with Gasteiger partial charge in [0.1, 0.15) is 15.5 Å². The zero-order valence-electron chi connectivity index (χ0n) is 10.1. The molecular formula is C10H13N3O5S. The topological polar surface area (TPSA) is 125 Å². The van der Waals surface area contributed by atoms with Gasteiger partial charge in [-0.2, -0.15) is 0 Å². The van der Waals surface area contributed by atoms with Crippen molar-refractivity contribution in [1.82, 2.24) is 10.3 Å². The van der Waals surface area contributed by atoms with Crippen LogP contribution in [0.3, 0.4) is 0 Å². The van der Waals surface area contributed by atoms with Gasteiger partial charge in [-0.15, -0.1) is 0 Å². The van der Waals surface area contributed by atoms with Crippen molar-refractivity contribution in [3.8, 4) is 0 Å². The number of sulfone groups is 1. The van der Waals surface area contributed by atoms with Crippen molar-refractivity contribution in [2.75, 3.05) is 23.9 Å².